The lowest BCUT2D eigenvalue weighted by molar-refractivity contribution is -0.116. The van der Waals surface area contributed by atoms with Crippen molar-refractivity contribution in [2.45, 2.75) is 6.54 Å². The van der Waals surface area contributed by atoms with E-state index >= 15 is 0 Å². The fourth-order valence-electron chi connectivity index (χ4n) is 1.58. The summed E-state index contributed by atoms with van der Waals surface area (Å²) < 4.78 is 1.62. The number of aromatic amines is 1. The quantitative estimate of drug-likeness (QED) is 0.702. The van der Waals surface area contributed by atoms with Gasteiger partial charge in [-0.05, 0) is 34.1 Å². The van der Waals surface area contributed by atoms with E-state index in [0.717, 1.165) is 10.8 Å². The SMILES string of the molecule is Nc1ccc(NC(=O)Cn2cc(Cl)c(=O)[nH]c2=O)c(Br)c1. The molecule has 1 aromatic heterocycles. The van der Waals surface area contributed by atoms with Crippen molar-refractivity contribution in [2.75, 3.05) is 11.1 Å². The maximum absolute atomic E-state index is 11.9. The molecule has 7 nitrogen and oxygen atoms in total. The van der Waals surface area contributed by atoms with Crippen LogP contribution in [0.5, 0.6) is 0 Å². The number of nitrogen functional groups attached to an aromatic ring is 1. The average Bonchev–Trinajstić information content (AvgIpc) is 2.39. The van der Waals surface area contributed by atoms with Crippen LogP contribution in [-0.4, -0.2) is 15.5 Å². The van der Waals surface area contributed by atoms with Gasteiger partial charge in [-0.1, -0.05) is 11.6 Å². The summed E-state index contributed by atoms with van der Waals surface area (Å²) in [5.74, 6) is -0.453. The molecule has 21 heavy (non-hydrogen) atoms. The first-order valence-electron chi connectivity index (χ1n) is 5.71. The third kappa shape index (κ3) is 3.73. The molecule has 0 aliphatic heterocycles. The molecule has 1 heterocycles. The number of hydrogen-bond acceptors (Lipinski definition) is 4. The van der Waals surface area contributed by atoms with Crippen LogP contribution in [0.1, 0.15) is 0 Å². The molecule has 0 saturated heterocycles. The Morgan fingerprint density at radius 2 is 2.14 bits per heavy atom. The van der Waals surface area contributed by atoms with Gasteiger partial charge in [-0.15, -0.1) is 0 Å². The van der Waals surface area contributed by atoms with Gasteiger partial charge in [0.2, 0.25) is 5.91 Å². The van der Waals surface area contributed by atoms with Crippen LogP contribution in [-0.2, 0) is 11.3 Å². The van der Waals surface area contributed by atoms with Gasteiger partial charge < -0.3 is 11.1 Å². The summed E-state index contributed by atoms with van der Waals surface area (Å²) in [6.45, 7) is -0.286. The number of nitrogens with zero attached hydrogens (tertiary/aromatic N) is 1. The lowest BCUT2D eigenvalue weighted by Gasteiger charge is -2.09. The number of carbonyl (C=O) groups excluding carboxylic acids is 1. The van der Waals surface area contributed by atoms with E-state index < -0.39 is 17.2 Å². The molecule has 0 saturated carbocycles. The highest BCUT2D eigenvalue weighted by Crippen LogP contribution is 2.24. The van der Waals surface area contributed by atoms with E-state index in [1.165, 1.54) is 0 Å². The number of carbonyl (C=O) groups is 1. The summed E-state index contributed by atoms with van der Waals surface area (Å²) in [7, 11) is 0. The van der Waals surface area contributed by atoms with E-state index in [0.29, 0.717) is 15.8 Å². The Hall–Kier alpha value is -2.06. The molecule has 110 valence electrons. The average molecular weight is 374 g/mol. The smallest absolute Gasteiger partial charge is 0.328 e. The molecule has 1 amide bonds. The third-order valence-electron chi connectivity index (χ3n) is 2.55. The zero-order chi connectivity index (χ0) is 15.6. The van der Waals surface area contributed by atoms with Crippen molar-refractivity contribution in [3.63, 3.8) is 0 Å². The Morgan fingerprint density at radius 1 is 1.43 bits per heavy atom. The first-order valence-corrected chi connectivity index (χ1v) is 6.88. The second kappa shape index (κ2) is 6.15. The molecule has 0 atom stereocenters. The predicted molar refractivity (Wildman–Crippen MR) is 83.5 cm³/mol. The Kier molecular flexibility index (Phi) is 4.49. The molecule has 0 bridgehead atoms. The number of anilines is 2. The minimum absolute atomic E-state index is 0.170. The van der Waals surface area contributed by atoms with Crippen LogP contribution in [0.2, 0.25) is 5.02 Å². The molecule has 0 radical (unpaired) electrons. The minimum atomic E-state index is -0.712. The molecule has 0 unspecified atom stereocenters. The van der Waals surface area contributed by atoms with Crippen LogP contribution in [0.25, 0.3) is 0 Å². The Morgan fingerprint density at radius 3 is 2.81 bits per heavy atom. The van der Waals surface area contributed by atoms with E-state index in [9.17, 15) is 14.4 Å². The van der Waals surface area contributed by atoms with Crippen molar-refractivity contribution < 1.29 is 4.79 Å². The van der Waals surface area contributed by atoms with Crippen molar-refractivity contribution in [1.82, 2.24) is 9.55 Å². The fourth-order valence-corrected chi connectivity index (χ4v) is 2.24. The summed E-state index contributed by atoms with van der Waals surface area (Å²) in [4.78, 5) is 36.6. The lowest BCUT2D eigenvalue weighted by atomic mass is 10.3. The highest BCUT2D eigenvalue weighted by Gasteiger charge is 2.09. The van der Waals surface area contributed by atoms with E-state index in [-0.39, 0.29) is 11.6 Å². The van der Waals surface area contributed by atoms with Gasteiger partial charge >= 0.3 is 5.69 Å². The zero-order valence-electron chi connectivity index (χ0n) is 10.5. The number of hydrogen-bond donors (Lipinski definition) is 3. The van der Waals surface area contributed by atoms with Crippen LogP contribution in [0, 0.1) is 0 Å². The summed E-state index contributed by atoms with van der Waals surface area (Å²) in [5, 5.41) is 2.44. The molecule has 0 aliphatic rings. The van der Waals surface area contributed by atoms with Gasteiger partial charge in [-0.3, -0.25) is 19.1 Å². The minimum Gasteiger partial charge on any atom is -0.399 e. The second-order valence-corrected chi connectivity index (χ2v) is 5.41. The van der Waals surface area contributed by atoms with E-state index in [1.807, 2.05) is 4.98 Å². The van der Waals surface area contributed by atoms with Gasteiger partial charge in [-0.2, -0.15) is 0 Å². The Balaban J connectivity index is 2.17. The fraction of sp³-hybridized carbons (Fsp3) is 0.0833. The van der Waals surface area contributed by atoms with Crippen molar-refractivity contribution in [1.29, 1.82) is 0 Å². The predicted octanol–water partition coefficient (Wildman–Crippen LogP) is 1.17. The number of benzene rings is 1. The van der Waals surface area contributed by atoms with Gasteiger partial charge in [-0.25, -0.2) is 4.79 Å². The normalized spacial score (nSPS) is 10.4. The molecule has 0 aliphatic carbocycles. The lowest BCUT2D eigenvalue weighted by Crippen LogP contribution is -2.33. The van der Waals surface area contributed by atoms with Gasteiger partial charge in [0.05, 0.1) is 5.69 Å². The van der Waals surface area contributed by atoms with Crippen molar-refractivity contribution in [2.24, 2.45) is 0 Å². The molecule has 0 fully saturated rings. The van der Waals surface area contributed by atoms with Crippen molar-refractivity contribution >= 4 is 44.8 Å². The molecule has 4 N–H and O–H groups in total. The summed E-state index contributed by atoms with van der Waals surface area (Å²) in [5.41, 5.74) is 5.25. The summed E-state index contributed by atoms with van der Waals surface area (Å²) in [6.07, 6.45) is 1.11. The standard InChI is InChI=1S/C12H10BrClN4O3/c13-7-3-6(15)1-2-9(7)16-10(19)5-18-4-8(14)11(20)17-12(18)21/h1-4H,5,15H2,(H,16,19)(H,17,20,21). The van der Waals surface area contributed by atoms with Gasteiger partial charge in [0.15, 0.2) is 0 Å². The van der Waals surface area contributed by atoms with Crippen LogP contribution >= 0.6 is 27.5 Å². The van der Waals surface area contributed by atoms with E-state index in [4.69, 9.17) is 17.3 Å². The van der Waals surface area contributed by atoms with Crippen LogP contribution in [0.15, 0.2) is 38.5 Å². The number of aromatic nitrogens is 2. The number of nitrogens with two attached hydrogens (primary N) is 1. The summed E-state index contributed by atoms with van der Waals surface area (Å²) in [6, 6.07) is 4.89. The van der Waals surface area contributed by atoms with Crippen molar-refractivity contribution in [3.05, 3.63) is 54.7 Å². The monoisotopic (exact) mass is 372 g/mol. The maximum atomic E-state index is 11.9. The van der Waals surface area contributed by atoms with Gasteiger partial charge in [0, 0.05) is 16.4 Å². The molecule has 2 aromatic rings. The first kappa shape index (κ1) is 15.3. The highest BCUT2D eigenvalue weighted by atomic mass is 79.9. The molecule has 2 rings (SSSR count). The van der Waals surface area contributed by atoms with Gasteiger partial charge in [0.25, 0.3) is 5.56 Å². The number of halogens is 2. The number of amides is 1. The molecular weight excluding hydrogens is 364 g/mol. The van der Waals surface area contributed by atoms with Crippen LogP contribution < -0.4 is 22.3 Å². The third-order valence-corrected chi connectivity index (χ3v) is 3.47. The Labute approximate surface area is 131 Å². The molecular formula is C12H10BrClN4O3. The van der Waals surface area contributed by atoms with Gasteiger partial charge in [0.1, 0.15) is 11.6 Å². The molecule has 9 heteroatoms. The topological polar surface area (TPSA) is 110 Å². The van der Waals surface area contributed by atoms with E-state index in [1.54, 1.807) is 18.2 Å². The highest BCUT2D eigenvalue weighted by molar-refractivity contribution is 9.10. The second-order valence-electron chi connectivity index (χ2n) is 4.15. The number of rotatable bonds is 3. The molecule has 0 spiro atoms. The number of H-pyrrole nitrogens is 1. The molecule has 1 aromatic carbocycles. The van der Waals surface area contributed by atoms with E-state index in [2.05, 4.69) is 21.2 Å². The van der Waals surface area contributed by atoms with Crippen molar-refractivity contribution in [3.8, 4) is 0 Å². The van der Waals surface area contributed by atoms with Crippen LogP contribution in [0.3, 0.4) is 0 Å². The maximum Gasteiger partial charge on any atom is 0.328 e. The number of nitrogens with one attached hydrogen (secondary N) is 2. The largest absolute Gasteiger partial charge is 0.399 e. The Bertz CT molecular complexity index is 815. The summed E-state index contributed by atoms with van der Waals surface area (Å²) >= 11 is 8.88. The zero-order valence-corrected chi connectivity index (χ0v) is 12.9. The van der Waals surface area contributed by atoms with Crippen LogP contribution in [0.4, 0.5) is 11.4 Å². The first-order chi connectivity index (χ1) is 9.86.